The number of pyridine rings is 1. The highest BCUT2D eigenvalue weighted by atomic mass is 35.5. The molecule has 0 saturated carbocycles. The van der Waals surface area contributed by atoms with Gasteiger partial charge in [-0.25, -0.2) is 0 Å². The van der Waals surface area contributed by atoms with E-state index >= 15 is 0 Å². The molecule has 0 aliphatic heterocycles. The van der Waals surface area contributed by atoms with Crippen molar-refractivity contribution in [3.8, 4) is 0 Å². The third kappa shape index (κ3) is 2.95. The van der Waals surface area contributed by atoms with E-state index < -0.39 is 5.91 Å². The molecule has 1 aromatic heterocycles. The van der Waals surface area contributed by atoms with Crippen LogP contribution in [0.4, 0.5) is 0 Å². The van der Waals surface area contributed by atoms with E-state index in [1.807, 2.05) is 18.2 Å². The third-order valence-corrected chi connectivity index (χ3v) is 2.71. The summed E-state index contributed by atoms with van der Waals surface area (Å²) in [5.41, 5.74) is 9.35. The smallest absolute Gasteiger partial charge is 0.245 e. The van der Waals surface area contributed by atoms with Crippen LogP contribution in [0, 0.1) is 0 Å². The maximum atomic E-state index is 10.5. The van der Waals surface area contributed by atoms with Gasteiger partial charge in [0.1, 0.15) is 6.61 Å². The lowest BCUT2D eigenvalue weighted by molar-refractivity contribution is -0.125. The Morgan fingerprint density at radius 2 is 2.28 bits per heavy atom. The second-order valence-corrected chi connectivity index (χ2v) is 4.09. The molecule has 0 radical (unpaired) electrons. The highest BCUT2D eigenvalue weighted by Gasteiger charge is 2.05. The van der Waals surface area contributed by atoms with E-state index in [-0.39, 0.29) is 6.61 Å². The Kier molecular flexibility index (Phi) is 4.09. The largest absolute Gasteiger partial charge is 0.368 e. The lowest BCUT2D eigenvalue weighted by atomic mass is 10.1. The highest BCUT2D eigenvalue weighted by molar-refractivity contribution is 6.35. The number of benzene rings is 1. The standard InChI is InChI=1S/C12H12ClN3O2/c13-10-4-3-8(6-16-18-7-11(14)17)12-9(10)2-1-5-15-12/h1-5,16H,6-7H2,(H2,14,17). The summed E-state index contributed by atoms with van der Waals surface area (Å²) < 4.78 is 0. The summed E-state index contributed by atoms with van der Waals surface area (Å²) in [5, 5.41) is 1.54. The highest BCUT2D eigenvalue weighted by Crippen LogP contribution is 2.24. The molecule has 2 rings (SSSR count). The molecule has 0 saturated heterocycles. The van der Waals surface area contributed by atoms with Crippen LogP contribution in [-0.2, 0) is 16.2 Å². The molecule has 2 aromatic rings. The summed E-state index contributed by atoms with van der Waals surface area (Å²) >= 11 is 6.08. The second kappa shape index (κ2) is 5.77. The molecule has 1 aromatic carbocycles. The summed E-state index contributed by atoms with van der Waals surface area (Å²) in [4.78, 5) is 19.7. The van der Waals surface area contributed by atoms with Crippen molar-refractivity contribution in [2.45, 2.75) is 6.54 Å². The lowest BCUT2D eigenvalue weighted by Crippen LogP contribution is -2.24. The van der Waals surface area contributed by atoms with Gasteiger partial charge in [-0.05, 0) is 23.8 Å². The average molecular weight is 266 g/mol. The van der Waals surface area contributed by atoms with Gasteiger partial charge in [0.15, 0.2) is 0 Å². The zero-order valence-corrected chi connectivity index (χ0v) is 10.3. The Morgan fingerprint density at radius 3 is 3.06 bits per heavy atom. The van der Waals surface area contributed by atoms with Gasteiger partial charge in [0, 0.05) is 23.2 Å². The van der Waals surface area contributed by atoms with Crippen molar-refractivity contribution in [2.24, 2.45) is 5.73 Å². The number of primary amides is 1. The van der Waals surface area contributed by atoms with Crippen molar-refractivity contribution in [2.75, 3.05) is 6.61 Å². The van der Waals surface area contributed by atoms with E-state index in [4.69, 9.17) is 22.2 Å². The number of hydrogen-bond acceptors (Lipinski definition) is 4. The maximum Gasteiger partial charge on any atom is 0.245 e. The van der Waals surface area contributed by atoms with E-state index in [0.717, 1.165) is 16.5 Å². The van der Waals surface area contributed by atoms with Crippen LogP contribution in [0.1, 0.15) is 5.56 Å². The Bertz CT molecular complexity index is 574. The van der Waals surface area contributed by atoms with Gasteiger partial charge in [0.25, 0.3) is 0 Å². The molecular formula is C12H12ClN3O2. The first kappa shape index (κ1) is 12.8. The van der Waals surface area contributed by atoms with Gasteiger partial charge in [0.2, 0.25) is 5.91 Å². The number of halogens is 1. The number of nitrogens with one attached hydrogen (secondary N) is 1. The topological polar surface area (TPSA) is 77.2 Å². The Balaban J connectivity index is 2.14. The molecule has 0 spiro atoms. The fraction of sp³-hybridized carbons (Fsp3) is 0.167. The number of rotatable bonds is 5. The molecule has 1 amide bonds. The number of nitrogens with two attached hydrogens (primary N) is 1. The molecule has 94 valence electrons. The summed E-state index contributed by atoms with van der Waals surface area (Å²) in [6.07, 6.45) is 1.70. The van der Waals surface area contributed by atoms with Crippen molar-refractivity contribution in [1.82, 2.24) is 10.5 Å². The van der Waals surface area contributed by atoms with Crippen LogP contribution in [0.15, 0.2) is 30.5 Å². The molecule has 0 aliphatic rings. The van der Waals surface area contributed by atoms with Gasteiger partial charge < -0.3 is 5.73 Å². The van der Waals surface area contributed by atoms with Crippen LogP contribution < -0.4 is 11.2 Å². The molecular weight excluding hydrogens is 254 g/mol. The number of aromatic nitrogens is 1. The number of carbonyl (C=O) groups is 1. The summed E-state index contributed by atoms with van der Waals surface area (Å²) in [7, 11) is 0. The van der Waals surface area contributed by atoms with Gasteiger partial charge in [0.05, 0.1) is 5.52 Å². The zero-order valence-electron chi connectivity index (χ0n) is 9.52. The average Bonchev–Trinajstić information content (AvgIpc) is 2.37. The quantitative estimate of drug-likeness (QED) is 0.633. The molecule has 0 bridgehead atoms. The van der Waals surface area contributed by atoms with Crippen LogP contribution in [0.2, 0.25) is 5.02 Å². The fourth-order valence-electron chi connectivity index (χ4n) is 1.59. The minimum atomic E-state index is -0.526. The van der Waals surface area contributed by atoms with E-state index in [1.165, 1.54) is 0 Å². The lowest BCUT2D eigenvalue weighted by Gasteiger charge is -2.08. The monoisotopic (exact) mass is 265 g/mol. The third-order valence-electron chi connectivity index (χ3n) is 2.38. The first-order valence-corrected chi connectivity index (χ1v) is 5.71. The number of carbonyl (C=O) groups excluding carboxylic acids is 1. The van der Waals surface area contributed by atoms with Crippen LogP contribution in [0.25, 0.3) is 10.9 Å². The van der Waals surface area contributed by atoms with Gasteiger partial charge in [-0.3, -0.25) is 14.6 Å². The molecule has 0 atom stereocenters. The summed E-state index contributed by atoms with van der Waals surface area (Å²) in [6, 6.07) is 7.39. The van der Waals surface area contributed by atoms with E-state index in [2.05, 4.69) is 10.5 Å². The van der Waals surface area contributed by atoms with Crippen molar-refractivity contribution >= 4 is 28.4 Å². The van der Waals surface area contributed by atoms with Crippen molar-refractivity contribution in [3.63, 3.8) is 0 Å². The minimum Gasteiger partial charge on any atom is -0.368 e. The summed E-state index contributed by atoms with van der Waals surface area (Å²) in [6.45, 7) is 0.247. The minimum absolute atomic E-state index is 0.168. The SMILES string of the molecule is NC(=O)CONCc1ccc(Cl)c2cccnc12. The van der Waals surface area contributed by atoms with Gasteiger partial charge in [-0.15, -0.1) is 0 Å². The number of hydrogen-bond donors (Lipinski definition) is 2. The predicted octanol–water partition coefficient (Wildman–Crippen LogP) is 1.39. The second-order valence-electron chi connectivity index (χ2n) is 3.68. The fourth-order valence-corrected chi connectivity index (χ4v) is 1.81. The Hall–Kier alpha value is -1.69. The van der Waals surface area contributed by atoms with Crippen molar-refractivity contribution in [1.29, 1.82) is 0 Å². The van der Waals surface area contributed by atoms with Crippen LogP contribution >= 0.6 is 11.6 Å². The first-order valence-electron chi connectivity index (χ1n) is 5.33. The number of hydroxylamine groups is 1. The molecule has 0 unspecified atom stereocenters. The molecule has 1 heterocycles. The molecule has 0 aliphatic carbocycles. The number of nitrogens with zero attached hydrogens (tertiary/aromatic N) is 1. The maximum absolute atomic E-state index is 10.5. The van der Waals surface area contributed by atoms with Crippen LogP contribution in [0.5, 0.6) is 0 Å². The van der Waals surface area contributed by atoms with Gasteiger partial charge >= 0.3 is 0 Å². The normalized spacial score (nSPS) is 10.7. The van der Waals surface area contributed by atoms with Gasteiger partial charge in [-0.1, -0.05) is 17.7 Å². The Labute approximate surface area is 109 Å². The van der Waals surface area contributed by atoms with Crippen LogP contribution in [0.3, 0.4) is 0 Å². The summed E-state index contributed by atoms with van der Waals surface area (Å²) in [5.74, 6) is -0.526. The first-order chi connectivity index (χ1) is 8.68. The number of fused-ring (bicyclic) bond motifs is 1. The number of amides is 1. The molecule has 3 N–H and O–H groups in total. The van der Waals surface area contributed by atoms with Crippen molar-refractivity contribution < 1.29 is 9.63 Å². The van der Waals surface area contributed by atoms with Gasteiger partial charge in [-0.2, -0.15) is 5.48 Å². The molecule has 5 nitrogen and oxygen atoms in total. The Morgan fingerprint density at radius 1 is 1.44 bits per heavy atom. The predicted molar refractivity (Wildman–Crippen MR) is 68.7 cm³/mol. The molecule has 18 heavy (non-hydrogen) atoms. The zero-order chi connectivity index (χ0) is 13.0. The van der Waals surface area contributed by atoms with E-state index in [0.29, 0.717) is 11.6 Å². The van der Waals surface area contributed by atoms with Crippen LogP contribution in [-0.4, -0.2) is 17.5 Å². The van der Waals surface area contributed by atoms with Crippen molar-refractivity contribution in [3.05, 3.63) is 41.0 Å². The van der Waals surface area contributed by atoms with E-state index in [1.54, 1.807) is 12.3 Å². The molecule has 0 fully saturated rings. The molecule has 6 heteroatoms. The van der Waals surface area contributed by atoms with E-state index in [9.17, 15) is 4.79 Å².